The quantitative estimate of drug-likeness (QED) is 0.674. The van der Waals surface area contributed by atoms with Gasteiger partial charge in [0.05, 0.1) is 0 Å². The second kappa shape index (κ2) is 6.02. The van der Waals surface area contributed by atoms with E-state index >= 15 is 0 Å². The first-order valence-electron chi connectivity index (χ1n) is 2.87. The summed E-state index contributed by atoms with van der Waals surface area (Å²) in [5, 5.41) is 0. The van der Waals surface area contributed by atoms with E-state index in [9.17, 15) is 0 Å². The number of benzene rings is 1. The van der Waals surface area contributed by atoms with Crippen molar-refractivity contribution in [1.29, 1.82) is 0 Å². The molecule has 0 aliphatic carbocycles. The monoisotopic (exact) mass is 210 g/mol. The van der Waals surface area contributed by atoms with Gasteiger partial charge >= 0.3 is 0 Å². The van der Waals surface area contributed by atoms with Gasteiger partial charge in [0.2, 0.25) is 0 Å². The molecule has 51 valence electrons. The van der Waals surface area contributed by atoms with Crippen LogP contribution < -0.4 is 0 Å². The van der Waals surface area contributed by atoms with E-state index < -0.39 is 0 Å². The first kappa shape index (κ1) is 10.3. The second-order valence-electron chi connectivity index (χ2n) is 1.84. The fourth-order valence-electron chi connectivity index (χ4n) is 0.687. The average molecular weight is 210 g/mol. The molecule has 1 nitrogen and oxygen atoms in total. The summed E-state index contributed by atoms with van der Waals surface area (Å²) in [4.78, 5) is 0. The van der Waals surface area contributed by atoms with Crippen molar-refractivity contribution in [1.82, 2.24) is 0 Å². The van der Waals surface area contributed by atoms with Gasteiger partial charge in [-0.15, -0.1) is 5.56 Å². The Balaban J connectivity index is 0.000000810. The van der Waals surface area contributed by atoms with Gasteiger partial charge in [-0.1, -0.05) is 0 Å². The molecule has 10 heavy (non-hydrogen) atoms. The molecule has 0 atom stereocenters. The van der Waals surface area contributed by atoms with Crippen molar-refractivity contribution >= 4 is 0 Å². The fourth-order valence-corrected chi connectivity index (χ4v) is 0.687. The molecule has 1 rings (SSSR count). The van der Waals surface area contributed by atoms with Gasteiger partial charge in [-0.2, -0.15) is 30.3 Å². The maximum atomic E-state index is 4.91. The minimum atomic E-state index is 0. The van der Waals surface area contributed by atoms with Crippen molar-refractivity contribution in [2.24, 2.45) is 0 Å². The van der Waals surface area contributed by atoms with E-state index in [1.807, 2.05) is 24.3 Å². The van der Waals surface area contributed by atoms with Gasteiger partial charge in [0.25, 0.3) is 0 Å². The number of ether oxygens (including phenoxy) is 1. The second-order valence-corrected chi connectivity index (χ2v) is 1.84. The molecule has 0 bridgehead atoms. The Hall–Kier alpha value is 0.284. The van der Waals surface area contributed by atoms with Crippen LogP contribution in [0.15, 0.2) is 24.3 Å². The van der Waals surface area contributed by atoms with Crippen molar-refractivity contribution in [3.05, 3.63) is 35.9 Å². The molecule has 1 radical (unpaired) electrons. The molecule has 0 heterocycles. The zero-order valence-electron chi connectivity index (χ0n) is 6.00. The zero-order valence-corrected chi connectivity index (χ0v) is 8.84. The molecule has 0 fully saturated rings. The van der Waals surface area contributed by atoms with E-state index in [-0.39, 0.29) is 32.7 Å². The minimum Gasteiger partial charge on any atom is -0.392 e. The summed E-state index contributed by atoms with van der Waals surface area (Å²) in [5.74, 6) is 0. The third-order valence-electron chi connectivity index (χ3n) is 1.08. The first-order valence-corrected chi connectivity index (χ1v) is 2.87. The Morgan fingerprint density at radius 3 is 2.90 bits per heavy atom. The Labute approximate surface area is 86.7 Å². The summed E-state index contributed by atoms with van der Waals surface area (Å²) in [6.45, 7) is 0.678. The molecule has 0 saturated heterocycles. The van der Waals surface area contributed by atoms with Crippen molar-refractivity contribution in [2.45, 2.75) is 6.61 Å². The zero-order chi connectivity index (χ0) is 6.53. The van der Waals surface area contributed by atoms with E-state index in [0.29, 0.717) is 6.61 Å². The fraction of sp³-hybridized carbons (Fsp3) is 0.250. The van der Waals surface area contributed by atoms with Crippen LogP contribution in [0.25, 0.3) is 0 Å². The summed E-state index contributed by atoms with van der Waals surface area (Å²) < 4.78 is 4.91. The molecule has 0 saturated carbocycles. The molecule has 1 aromatic rings. The van der Waals surface area contributed by atoms with E-state index in [1.54, 1.807) is 7.11 Å². The van der Waals surface area contributed by atoms with Crippen molar-refractivity contribution in [3.8, 4) is 0 Å². The summed E-state index contributed by atoms with van der Waals surface area (Å²) in [6, 6.07) is 10.7. The predicted molar refractivity (Wildman–Crippen MR) is 36.0 cm³/mol. The third-order valence-corrected chi connectivity index (χ3v) is 1.08. The van der Waals surface area contributed by atoms with Gasteiger partial charge in [0.15, 0.2) is 0 Å². The van der Waals surface area contributed by atoms with Gasteiger partial charge in [0.1, 0.15) is 0 Å². The predicted octanol–water partition coefficient (Wildman–Crippen LogP) is 1.63. The topological polar surface area (TPSA) is 9.23 Å². The maximum absolute atomic E-state index is 4.91. The number of methoxy groups -OCH3 is 1. The normalized spacial score (nSPS) is 8.50. The first-order chi connectivity index (χ1) is 4.43. The van der Waals surface area contributed by atoms with Crippen molar-refractivity contribution in [3.63, 3.8) is 0 Å². The Kier molecular flexibility index (Phi) is 6.20. The van der Waals surface area contributed by atoms with E-state index in [2.05, 4.69) is 6.07 Å². The van der Waals surface area contributed by atoms with Gasteiger partial charge in [0, 0.05) is 46.4 Å². The minimum absolute atomic E-state index is 0. The SMILES string of the molecule is COCc1c[c-]ccc1.[Y]. The van der Waals surface area contributed by atoms with Crippen LogP contribution in [0.4, 0.5) is 0 Å². The van der Waals surface area contributed by atoms with Crippen LogP contribution in [0.1, 0.15) is 5.56 Å². The van der Waals surface area contributed by atoms with Crippen LogP contribution in [0, 0.1) is 6.07 Å². The smallest absolute Gasteiger partial charge is 0.0345 e. The molecule has 0 aromatic heterocycles. The molecular weight excluding hydrogens is 201 g/mol. The van der Waals surface area contributed by atoms with E-state index in [4.69, 9.17) is 4.74 Å². The van der Waals surface area contributed by atoms with Crippen LogP contribution in [-0.4, -0.2) is 7.11 Å². The number of rotatable bonds is 2. The average Bonchev–Trinajstić information content (AvgIpc) is 1.91. The van der Waals surface area contributed by atoms with E-state index in [0.717, 1.165) is 0 Å². The third kappa shape index (κ3) is 3.45. The largest absolute Gasteiger partial charge is 0.392 e. The van der Waals surface area contributed by atoms with Crippen LogP contribution in [-0.2, 0) is 44.1 Å². The van der Waals surface area contributed by atoms with Gasteiger partial charge in [-0.25, -0.2) is 0 Å². The van der Waals surface area contributed by atoms with E-state index in [1.165, 1.54) is 5.56 Å². The molecule has 0 aliphatic rings. The molecule has 0 aliphatic heterocycles. The van der Waals surface area contributed by atoms with Gasteiger partial charge in [-0.3, -0.25) is 0 Å². The van der Waals surface area contributed by atoms with Crippen LogP contribution in [0.3, 0.4) is 0 Å². The molecule has 0 spiro atoms. The number of hydrogen-bond acceptors (Lipinski definition) is 1. The summed E-state index contributed by atoms with van der Waals surface area (Å²) in [7, 11) is 1.69. The van der Waals surface area contributed by atoms with Crippen molar-refractivity contribution < 1.29 is 37.4 Å². The molecular formula is C8H9OY-. The summed E-state index contributed by atoms with van der Waals surface area (Å²) >= 11 is 0. The van der Waals surface area contributed by atoms with Crippen LogP contribution >= 0.6 is 0 Å². The Bertz CT molecular complexity index is 162. The molecule has 0 N–H and O–H groups in total. The van der Waals surface area contributed by atoms with Gasteiger partial charge in [-0.05, 0) is 0 Å². The standard InChI is InChI=1S/C8H9O.Y/c1-9-7-8-5-3-2-4-6-8;/h2-3,5-6H,7H2,1H3;/q-1;. The summed E-state index contributed by atoms with van der Waals surface area (Å²) in [6.07, 6.45) is 0. The molecule has 0 amide bonds. The molecule has 1 aromatic carbocycles. The molecule has 2 heteroatoms. The Morgan fingerprint density at radius 2 is 2.40 bits per heavy atom. The number of hydrogen-bond donors (Lipinski definition) is 0. The van der Waals surface area contributed by atoms with Crippen molar-refractivity contribution in [2.75, 3.05) is 7.11 Å². The van der Waals surface area contributed by atoms with Crippen LogP contribution in [0.2, 0.25) is 0 Å². The maximum Gasteiger partial charge on any atom is 0.0345 e. The Morgan fingerprint density at radius 1 is 1.60 bits per heavy atom. The van der Waals surface area contributed by atoms with Gasteiger partial charge < -0.3 is 4.74 Å². The van der Waals surface area contributed by atoms with Crippen LogP contribution in [0.5, 0.6) is 0 Å². The summed E-state index contributed by atoms with van der Waals surface area (Å²) in [5.41, 5.74) is 1.17. The molecule has 0 unspecified atom stereocenters.